The second-order valence-corrected chi connectivity index (χ2v) is 8.24. The molecule has 1 amide bonds. The van der Waals surface area contributed by atoms with Gasteiger partial charge >= 0.3 is 0 Å². The van der Waals surface area contributed by atoms with Crippen molar-refractivity contribution >= 4 is 16.8 Å². The average Bonchev–Trinajstić information content (AvgIpc) is 2.75. The number of aryl methyl sites for hydroxylation is 1. The Balaban J connectivity index is 1.48. The zero-order valence-corrected chi connectivity index (χ0v) is 17.6. The van der Waals surface area contributed by atoms with Crippen molar-refractivity contribution in [2.75, 3.05) is 6.54 Å². The van der Waals surface area contributed by atoms with Crippen molar-refractivity contribution in [3.8, 4) is 0 Å². The van der Waals surface area contributed by atoms with Gasteiger partial charge in [0, 0.05) is 25.1 Å². The SMILES string of the molecule is CC(CCNC(=O)c1ccc2c(=O)n3c(nc2c1)CCCCCC3)c1ccccc1. The topological polar surface area (TPSA) is 64.0 Å². The predicted octanol–water partition coefficient (Wildman–Crippen LogP) is 4.44. The second kappa shape index (κ2) is 9.24. The van der Waals surface area contributed by atoms with E-state index in [1.165, 1.54) is 12.0 Å². The molecule has 0 fully saturated rings. The van der Waals surface area contributed by atoms with Crippen LogP contribution in [-0.2, 0) is 13.0 Å². The zero-order chi connectivity index (χ0) is 20.9. The Labute approximate surface area is 177 Å². The van der Waals surface area contributed by atoms with E-state index in [1.807, 2.05) is 22.8 Å². The van der Waals surface area contributed by atoms with Crippen molar-refractivity contribution in [1.82, 2.24) is 14.9 Å². The molecule has 0 saturated carbocycles. The Hall–Kier alpha value is -2.95. The summed E-state index contributed by atoms with van der Waals surface area (Å²) in [5.41, 5.74) is 2.47. The highest BCUT2D eigenvalue weighted by Gasteiger charge is 2.15. The summed E-state index contributed by atoms with van der Waals surface area (Å²) < 4.78 is 1.83. The number of nitrogens with one attached hydrogen (secondary N) is 1. The van der Waals surface area contributed by atoms with Crippen LogP contribution >= 0.6 is 0 Å². The summed E-state index contributed by atoms with van der Waals surface area (Å²) in [6.45, 7) is 3.51. The highest BCUT2D eigenvalue weighted by molar-refractivity contribution is 5.97. The van der Waals surface area contributed by atoms with Crippen LogP contribution < -0.4 is 10.9 Å². The molecule has 0 bridgehead atoms. The van der Waals surface area contributed by atoms with E-state index in [4.69, 9.17) is 4.98 Å². The van der Waals surface area contributed by atoms with E-state index >= 15 is 0 Å². The highest BCUT2D eigenvalue weighted by atomic mass is 16.1. The third kappa shape index (κ3) is 4.45. The number of hydrogen-bond donors (Lipinski definition) is 1. The summed E-state index contributed by atoms with van der Waals surface area (Å²) in [5.74, 6) is 1.11. The lowest BCUT2D eigenvalue weighted by molar-refractivity contribution is 0.0952. The summed E-state index contributed by atoms with van der Waals surface area (Å²) in [6.07, 6.45) is 6.10. The molecule has 156 valence electrons. The number of hydrogen-bond acceptors (Lipinski definition) is 3. The fraction of sp³-hybridized carbons (Fsp3) is 0.400. The van der Waals surface area contributed by atoms with Gasteiger partial charge in [0.25, 0.3) is 11.5 Å². The summed E-state index contributed by atoms with van der Waals surface area (Å²) in [4.78, 5) is 30.3. The number of amides is 1. The number of carbonyl (C=O) groups excluding carboxylic acids is 1. The van der Waals surface area contributed by atoms with Gasteiger partial charge in [0.15, 0.2) is 0 Å². The predicted molar refractivity (Wildman–Crippen MR) is 120 cm³/mol. The molecule has 1 aliphatic rings. The quantitative estimate of drug-likeness (QED) is 0.685. The van der Waals surface area contributed by atoms with E-state index < -0.39 is 0 Å². The van der Waals surface area contributed by atoms with Crippen LogP contribution in [0.5, 0.6) is 0 Å². The first-order valence-electron chi connectivity index (χ1n) is 11.0. The lowest BCUT2D eigenvalue weighted by Crippen LogP contribution is -2.27. The minimum atomic E-state index is -0.120. The lowest BCUT2D eigenvalue weighted by atomic mass is 9.98. The first-order chi connectivity index (χ1) is 14.6. The molecule has 2 heterocycles. The van der Waals surface area contributed by atoms with Crippen molar-refractivity contribution < 1.29 is 4.79 Å². The first kappa shape index (κ1) is 20.3. The summed E-state index contributed by atoms with van der Waals surface area (Å²) in [6, 6.07) is 15.6. The Morgan fingerprint density at radius 2 is 1.90 bits per heavy atom. The number of aromatic nitrogens is 2. The molecule has 1 unspecified atom stereocenters. The molecule has 5 heteroatoms. The zero-order valence-electron chi connectivity index (χ0n) is 17.6. The van der Waals surface area contributed by atoms with Crippen LogP contribution in [0.3, 0.4) is 0 Å². The van der Waals surface area contributed by atoms with Gasteiger partial charge in [-0.25, -0.2) is 4.98 Å². The number of fused-ring (bicyclic) bond motifs is 2. The molecule has 0 aliphatic carbocycles. The van der Waals surface area contributed by atoms with Crippen LogP contribution in [0.15, 0.2) is 53.3 Å². The van der Waals surface area contributed by atoms with Crippen LogP contribution in [0, 0.1) is 0 Å². The molecule has 0 radical (unpaired) electrons. The minimum Gasteiger partial charge on any atom is -0.352 e. The van der Waals surface area contributed by atoms with Gasteiger partial charge in [0.05, 0.1) is 10.9 Å². The van der Waals surface area contributed by atoms with E-state index in [0.29, 0.717) is 28.9 Å². The monoisotopic (exact) mass is 403 g/mol. The van der Waals surface area contributed by atoms with E-state index in [-0.39, 0.29) is 11.5 Å². The normalized spacial score (nSPS) is 15.1. The average molecular weight is 404 g/mol. The first-order valence-corrected chi connectivity index (χ1v) is 11.0. The van der Waals surface area contributed by atoms with Gasteiger partial charge < -0.3 is 5.32 Å². The summed E-state index contributed by atoms with van der Waals surface area (Å²) in [7, 11) is 0. The number of benzene rings is 2. The molecule has 4 rings (SSSR count). The van der Waals surface area contributed by atoms with Crippen LogP contribution in [0.2, 0.25) is 0 Å². The van der Waals surface area contributed by atoms with Gasteiger partial charge in [0.2, 0.25) is 0 Å². The molecule has 0 saturated heterocycles. The van der Waals surface area contributed by atoms with E-state index in [2.05, 4.69) is 24.4 Å². The summed E-state index contributed by atoms with van der Waals surface area (Å²) >= 11 is 0. The molecule has 1 atom stereocenters. The maximum Gasteiger partial charge on any atom is 0.261 e. The smallest absolute Gasteiger partial charge is 0.261 e. The molecule has 2 aromatic carbocycles. The molecule has 0 spiro atoms. The fourth-order valence-corrected chi connectivity index (χ4v) is 4.19. The molecule has 1 N–H and O–H groups in total. The maximum atomic E-state index is 12.9. The van der Waals surface area contributed by atoms with Crippen molar-refractivity contribution in [3.05, 3.63) is 75.8 Å². The van der Waals surface area contributed by atoms with Crippen molar-refractivity contribution in [1.29, 1.82) is 0 Å². The van der Waals surface area contributed by atoms with Crippen molar-refractivity contribution in [2.24, 2.45) is 0 Å². The molecule has 5 nitrogen and oxygen atoms in total. The Kier molecular flexibility index (Phi) is 6.26. The van der Waals surface area contributed by atoms with E-state index in [1.54, 1.807) is 18.2 Å². The number of nitrogens with zero attached hydrogens (tertiary/aromatic N) is 2. The fourth-order valence-electron chi connectivity index (χ4n) is 4.19. The molecule has 1 aliphatic heterocycles. The molecule has 30 heavy (non-hydrogen) atoms. The third-order valence-electron chi connectivity index (χ3n) is 6.06. The Morgan fingerprint density at radius 1 is 1.10 bits per heavy atom. The van der Waals surface area contributed by atoms with E-state index in [9.17, 15) is 9.59 Å². The Morgan fingerprint density at radius 3 is 2.73 bits per heavy atom. The summed E-state index contributed by atoms with van der Waals surface area (Å²) in [5, 5.41) is 3.60. The highest BCUT2D eigenvalue weighted by Crippen LogP contribution is 2.18. The van der Waals surface area contributed by atoms with Gasteiger partial charge in [-0.15, -0.1) is 0 Å². The van der Waals surface area contributed by atoms with Crippen LogP contribution in [0.1, 0.15) is 66.7 Å². The largest absolute Gasteiger partial charge is 0.352 e. The van der Waals surface area contributed by atoms with Crippen LogP contribution in [0.4, 0.5) is 0 Å². The van der Waals surface area contributed by atoms with Crippen LogP contribution in [0.25, 0.3) is 10.9 Å². The van der Waals surface area contributed by atoms with Crippen molar-refractivity contribution in [2.45, 2.75) is 57.9 Å². The molecule has 3 aromatic rings. The Bertz CT molecular complexity index is 1090. The minimum absolute atomic E-state index is 0.0144. The molecule has 1 aromatic heterocycles. The maximum absolute atomic E-state index is 12.9. The van der Waals surface area contributed by atoms with E-state index in [0.717, 1.165) is 44.5 Å². The number of rotatable bonds is 5. The molecular formula is C25H29N3O2. The van der Waals surface area contributed by atoms with Gasteiger partial charge in [-0.05, 0) is 48.9 Å². The van der Waals surface area contributed by atoms with Gasteiger partial charge in [-0.3, -0.25) is 14.2 Å². The van der Waals surface area contributed by atoms with Crippen molar-refractivity contribution in [3.63, 3.8) is 0 Å². The van der Waals surface area contributed by atoms with Gasteiger partial charge in [0.1, 0.15) is 5.82 Å². The van der Waals surface area contributed by atoms with Crippen LogP contribution in [-0.4, -0.2) is 22.0 Å². The second-order valence-electron chi connectivity index (χ2n) is 8.24. The molecular weight excluding hydrogens is 374 g/mol. The number of carbonyl (C=O) groups is 1. The van der Waals surface area contributed by atoms with Gasteiger partial charge in [-0.1, -0.05) is 50.1 Å². The lowest BCUT2D eigenvalue weighted by Gasteiger charge is -2.16. The third-order valence-corrected chi connectivity index (χ3v) is 6.06. The standard InChI is InChI=1S/C25H29N3O2/c1-18(19-9-5-4-6-10-19)14-15-26-24(29)20-12-13-21-22(17-20)27-23-11-7-2-3-8-16-28(23)25(21)30/h4-6,9-10,12-13,17-18H,2-3,7-8,11,14-16H2,1H3,(H,26,29). The van der Waals surface area contributed by atoms with Gasteiger partial charge in [-0.2, -0.15) is 0 Å².